The third-order valence-corrected chi connectivity index (χ3v) is 2.57. The molecule has 1 aromatic rings. The second-order valence-electron chi connectivity index (χ2n) is 3.12. The third kappa shape index (κ3) is 2.49. The van der Waals surface area contributed by atoms with Gasteiger partial charge in [-0.25, -0.2) is 0 Å². The van der Waals surface area contributed by atoms with Gasteiger partial charge in [0.2, 0.25) is 0 Å². The lowest BCUT2D eigenvalue weighted by molar-refractivity contribution is 0.100. The molecule has 0 fully saturated rings. The topological polar surface area (TPSA) is 52.3 Å². The van der Waals surface area contributed by atoms with E-state index in [0.29, 0.717) is 16.3 Å². The van der Waals surface area contributed by atoms with Gasteiger partial charge in [-0.15, -0.1) is 0 Å². The number of nitrogens with two attached hydrogens (primary N) is 1. The summed E-state index contributed by atoms with van der Waals surface area (Å²) in [5.74, 6) is 0.500. The Kier molecular flexibility index (Phi) is 4.12. The Bertz CT molecular complexity index is 377. The van der Waals surface area contributed by atoms with Crippen LogP contribution in [-0.4, -0.2) is 19.4 Å². The standard InChI is InChI=1S/C11H14ClNO2/c1-3-8-9(12)4-7(10(14)6-13)5-11(8)15-2/h4-5H,3,6,13H2,1-2H3. The smallest absolute Gasteiger partial charge is 0.176 e. The van der Waals surface area contributed by atoms with E-state index in [1.54, 1.807) is 19.2 Å². The maximum absolute atomic E-state index is 11.4. The predicted octanol–water partition coefficient (Wildman–Crippen LogP) is 2.05. The number of carbonyl (C=O) groups excluding carboxylic acids is 1. The molecule has 0 aromatic heterocycles. The molecule has 0 bridgehead atoms. The molecule has 0 unspecified atom stereocenters. The molecule has 0 heterocycles. The van der Waals surface area contributed by atoms with E-state index in [9.17, 15) is 4.79 Å². The first-order valence-electron chi connectivity index (χ1n) is 4.73. The molecule has 82 valence electrons. The van der Waals surface area contributed by atoms with E-state index in [1.807, 2.05) is 6.92 Å². The normalized spacial score (nSPS) is 10.1. The summed E-state index contributed by atoms with van der Waals surface area (Å²) in [7, 11) is 1.56. The first kappa shape index (κ1) is 12.0. The fraction of sp³-hybridized carbons (Fsp3) is 0.364. The summed E-state index contributed by atoms with van der Waals surface area (Å²) in [6, 6.07) is 3.32. The lowest BCUT2D eigenvalue weighted by atomic mass is 10.1. The number of halogens is 1. The van der Waals surface area contributed by atoms with Crippen LogP contribution in [0.25, 0.3) is 0 Å². The zero-order chi connectivity index (χ0) is 11.4. The van der Waals surface area contributed by atoms with Crippen LogP contribution in [0.5, 0.6) is 5.75 Å². The van der Waals surface area contributed by atoms with E-state index in [-0.39, 0.29) is 12.3 Å². The van der Waals surface area contributed by atoms with Crippen molar-refractivity contribution >= 4 is 17.4 Å². The van der Waals surface area contributed by atoms with Crippen LogP contribution in [-0.2, 0) is 6.42 Å². The van der Waals surface area contributed by atoms with Crippen molar-refractivity contribution in [3.8, 4) is 5.75 Å². The maximum atomic E-state index is 11.4. The molecule has 4 heteroatoms. The number of rotatable bonds is 4. The van der Waals surface area contributed by atoms with Crippen molar-refractivity contribution in [2.45, 2.75) is 13.3 Å². The van der Waals surface area contributed by atoms with Gasteiger partial charge in [0.15, 0.2) is 5.78 Å². The average Bonchev–Trinajstić information content (AvgIpc) is 2.26. The minimum Gasteiger partial charge on any atom is -0.496 e. The van der Waals surface area contributed by atoms with Crippen molar-refractivity contribution in [1.29, 1.82) is 0 Å². The number of ketones is 1. The van der Waals surface area contributed by atoms with Crippen molar-refractivity contribution in [3.63, 3.8) is 0 Å². The summed E-state index contributed by atoms with van der Waals surface area (Å²) in [4.78, 5) is 11.4. The molecule has 0 aliphatic carbocycles. The molecule has 0 amide bonds. The van der Waals surface area contributed by atoms with Gasteiger partial charge in [-0.05, 0) is 18.6 Å². The molecular weight excluding hydrogens is 214 g/mol. The molecule has 0 radical (unpaired) electrons. The van der Waals surface area contributed by atoms with Crippen molar-refractivity contribution in [2.24, 2.45) is 5.73 Å². The Morgan fingerprint density at radius 1 is 1.53 bits per heavy atom. The number of ether oxygens (including phenoxy) is 1. The summed E-state index contributed by atoms with van der Waals surface area (Å²) >= 11 is 6.04. The number of benzene rings is 1. The number of carbonyl (C=O) groups is 1. The van der Waals surface area contributed by atoms with Gasteiger partial charge < -0.3 is 10.5 Å². The van der Waals surface area contributed by atoms with Gasteiger partial charge in [0, 0.05) is 16.1 Å². The van der Waals surface area contributed by atoms with Crippen molar-refractivity contribution < 1.29 is 9.53 Å². The van der Waals surface area contributed by atoms with E-state index in [1.165, 1.54) is 0 Å². The fourth-order valence-electron chi connectivity index (χ4n) is 1.42. The molecule has 0 saturated carbocycles. The molecular formula is C11H14ClNO2. The number of hydrogen-bond acceptors (Lipinski definition) is 3. The highest BCUT2D eigenvalue weighted by molar-refractivity contribution is 6.32. The molecule has 0 aliphatic rings. The molecule has 2 N–H and O–H groups in total. The van der Waals surface area contributed by atoms with Gasteiger partial charge in [-0.1, -0.05) is 18.5 Å². The zero-order valence-electron chi connectivity index (χ0n) is 8.84. The second kappa shape index (κ2) is 5.14. The van der Waals surface area contributed by atoms with Crippen LogP contribution in [0.1, 0.15) is 22.8 Å². The lowest BCUT2D eigenvalue weighted by Crippen LogP contribution is -2.13. The summed E-state index contributed by atoms with van der Waals surface area (Å²) in [6.45, 7) is 1.96. The van der Waals surface area contributed by atoms with Crippen LogP contribution in [0, 0.1) is 0 Å². The molecule has 15 heavy (non-hydrogen) atoms. The highest BCUT2D eigenvalue weighted by Crippen LogP contribution is 2.29. The summed E-state index contributed by atoms with van der Waals surface area (Å²) in [6.07, 6.45) is 0.763. The Morgan fingerprint density at radius 3 is 2.67 bits per heavy atom. The highest BCUT2D eigenvalue weighted by Gasteiger charge is 2.12. The van der Waals surface area contributed by atoms with Gasteiger partial charge in [0.1, 0.15) is 5.75 Å². The molecule has 0 aliphatic heterocycles. The first-order valence-corrected chi connectivity index (χ1v) is 5.11. The second-order valence-corrected chi connectivity index (χ2v) is 3.53. The number of Topliss-reactive ketones (excluding diaryl/α,β-unsaturated/α-hetero) is 1. The Balaban J connectivity index is 3.25. The molecule has 0 saturated heterocycles. The molecule has 3 nitrogen and oxygen atoms in total. The van der Waals surface area contributed by atoms with Gasteiger partial charge in [-0.3, -0.25) is 4.79 Å². The molecule has 0 atom stereocenters. The monoisotopic (exact) mass is 227 g/mol. The summed E-state index contributed by atoms with van der Waals surface area (Å²) < 4.78 is 5.17. The number of hydrogen-bond donors (Lipinski definition) is 1. The largest absolute Gasteiger partial charge is 0.496 e. The Morgan fingerprint density at radius 2 is 2.20 bits per heavy atom. The van der Waals surface area contributed by atoms with Crippen LogP contribution < -0.4 is 10.5 Å². The zero-order valence-corrected chi connectivity index (χ0v) is 9.60. The van der Waals surface area contributed by atoms with E-state index in [2.05, 4.69) is 0 Å². The van der Waals surface area contributed by atoms with Crippen molar-refractivity contribution in [3.05, 3.63) is 28.3 Å². The van der Waals surface area contributed by atoms with Crippen molar-refractivity contribution in [2.75, 3.05) is 13.7 Å². The first-order chi connectivity index (χ1) is 7.13. The van der Waals surface area contributed by atoms with Crippen LogP contribution >= 0.6 is 11.6 Å². The maximum Gasteiger partial charge on any atom is 0.176 e. The summed E-state index contributed by atoms with van der Waals surface area (Å²) in [5, 5.41) is 0.550. The minimum atomic E-state index is -0.141. The van der Waals surface area contributed by atoms with E-state index < -0.39 is 0 Å². The minimum absolute atomic E-state index is 0.0229. The predicted molar refractivity (Wildman–Crippen MR) is 60.8 cm³/mol. The summed E-state index contributed by atoms with van der Waals surface area (Å²) in [5.41, 5.74) is 6.69. The fourth-order valence-corrected chi connectivity index (χ4v) is 1.76. The van der Waals surface area contributed by atoms with Gasteiger partial charge in [-0.2, -0.15) is 0 Å². The van der Waals surface area contributed by atoms with Gasteiger partial charge in [0.25, 0.3) is 0 Å². The van der Waals surface area contributed by atoms with Crippen LogP contribution in [0.2, 0.25) is 5.02 Å². The molecule has 0 spiro atoms. The highest BCUT2D eigenvalue weighted by atomic mass is 35.5. The molecule has 1 rings (SSSR count). The van der Waals surface area contributed by atoms with Crippen molar-refractivity contribution in [1.82, 2.24) is 0 Å². The Labute approximate surface area is 94.2 Å². The SMILES string of the molecule is CCc1c(Cl)cc(C(=O)CN)cc1OC. The van der Waals surface area contributed by atoms with E-state index in [0.717, 1.165) is 12.0 Å². The van der Waals surface area contributed by atoms with Crippen LogP contribution in [0.3, 0.4) is 0 Å². The Hall–Kier alpha value is -1.06. The van der Waals surface area contributed by atoms with Gasteiger partial charge >= 0.3 is 0 Å². The quantitative estimate of drug-likeness (QED) is 0.801. The number of methoxy groups -OCH3 is 1. The van der Waals surface area contributed by atoms with E-state index in [4.69, 9.17) is 22.1 Å². The lowest BCUT2D eigenvalue weighted by Gasteiger charge is -2.10. The van der Waals surface area contributed by atoms with Crippen LogP contribution in [0.4, 0.5) is 0 Å². The molecule has 1 aromatic carbocycles. The third-order valence-electron chi connectivity index (χ3n) is 2.24. The van der Waals surface area contributed by atoms with Crippen LogP contribution in [0.15, 0.2) is 12.1 Å². The van der Waals surface area contributed by atoms with Gasteiger partial charge in [0.05, 0.1) is 13.7 Å². The average molecular weight is 228 g/mol. The van der Waals surface area contributed by atoms with E-state index >= 15 is 0 Å².